The van der Waals surface area contributed by atoms with Crippen molar-refractivity contribution in [1.29, 1.82) is 0 Å². The van der Waals surface area contributed by atoms with E-state index in [4.69, 9.17) is 39.5 Å². The Morgan fingerprint density at radius 2 is 1.76 bits per heavy atom. The molecule has 2 rings (SSSR count). The zero-order valence-corrected chi connectivity index (χ0v) is 16.1. The van der Waals surface area contributed by atoms with Crippen LogP contribution in [0.4, 0.5) is 5.69 Å². The zero-order chi connectivity index (χ0) is 18.6. The highest BCUT2D eigenvalue weighted by atomic mass is 79.9. The van der Waals surface area contributed by atoms with Crippen molar-refractivity contribution in [1.82, 2.24) is 5.32 Å². The van der Waals surface area contributed by atoms with Crippen LogP contribution in [0.3, 0.4) is 0 Å². The summed E-state index contributed by atoms with van der Waals surface area (Å²) < 4.78 is 4.31. The second-order valence-electron chi connectivity index (χ2n) is 4.74. The summed E-state index contributed by atoms with van der Waals surface area (Å²) >= 11 is 20.9. The molecule has 1 N–H and O–H groups in total. The van der Waals surface area contributed by atoms with E-state index in [2.05, 4.69) is 21.2 Å². The molecule has 10 heteroatoms. The fourth-order valence-electron chi connectivity index (χ4n) is 1.85. The second kappa shape index (κ2) is 8.23. The van der Waals surface area contributed by atoms with Gasteiger partial charge in [-0.15, -0.1) is 0 Å². The lowest BCUT2D eigenvalue weighted by Crippen LogP contribution is -2.47. The van der Waals surface area contributed by atoms with Crippen molar-refractivity contribution >= 4 is 62.3 Å². The van der Waals surface area contributed by atoms with Gasteiger partial charge in [0.15, 0.2) is 0 Å². The Morgan fingerprint density at radius 3 is 2.32 bits per heavy atom. The lowest BCUT2D eigenvalue weighted by Gasteiger charge is -2.26. The Morgan fingerprint density at radius 1 is 1.16 bits per heavy atom. The van der Waals surface area contributed by atoms with Crippen LogP contribution in [-0.4, -0.2) is 20.9 Å². The first kappa shape index (κ1) is 19.8. The van der Waals surface area contributed by atoms with E-state index in [9.17, 15) is 14.9 Å². The van der Waals surface area contributed by atoms with Gasteiger partial charge in [0.25, 0.3) is 11.6 Å². The first-order chi connectivity index (χ1) is 11.7. The highest BCUT2D eigenvalue weighted by molar-refractivity contribution is 9.10. The third kappa shape index (κ3) is 5.47. The first-order valence-electron chi connectivity index (χ1n) is 6.71. The number of hydrogen-bond donors (Lipinski definition) is 1. The van der Waals surface area contributed by atoms with Crippen molar-refractivity contribution < 1.29 is 14.5 Å². The van der Waals surface area contributed by atoms with Gasteiger partial charge in [0.1, 0.15) is 11.3 Å². The van der Waals surface area contributed by atoms with E-state index in [0.717, 1.165) is 4.47 Å². The maximum Gasteiger partial charge on any atom is 0.282 e. The van der Waals surface area contributed by atoms with Crippen LogP contribution < -0.4 is 10.1 Å². The number of nitro groups is 1. The van der Waals surface area contributed by atoms with Gasteiger partial charge in [0, 0.05) is 10.5 Å². The summed E-state index contributed by atoms with van der Waals surface area (Å²) in [5.41, 5.74) is -0.544. The molecule has 0 aromatic heterocycles. The minimum atomic E-state index is -2.01. The number of carbonyl (C=O) groups is 1. The van der Waals surface area contributed by atoms with Crippen molar-refractivity contribution in [3.63, 3.8) is 0 Å². The second-order valence-corrected chi connectivity index (χ2v) is 8.03. The monoisotopic (exact) mass is 466 g/mol. The average molecular weight is 469 g/mol. The Bertz CT molecular complexity index is 781. The van der Waals surface area contributed by atoms with Crippen molar-refractivity contribution in [3.8, 4) is 5.75 Å². The SMILES string of the molecule is O=C(N[C@@H](Oc1ccc(Br)cc1)C(Cl)(Cl)Cl)c1ccccc1[N+](=O)[O-]. The molecule has 2 aromatic rings. The van der Waals surface area contributed by atoms with E-state index >= 15 is 0 Å². The third-order valence-corrected chi connectivity index (χ3v) is 4.10. The summed E-state index contributed by atoms with van der Waals surface area (Å²) in [6.07, 6.45) is -1.37. The van der Waals surface area contributed by atoms with Gasteiger partial charge in [-0.2, -0.15) is 0 Å². The largest absolute Gasteiger partial charge is 0.466 e. The molecule has 0 aliphatic carbocycles. The molecule has 0 saturated heterocycles. The number of nitrogens with one attached hydrogen (secondary N) is 1. The van der Waals surface area contributed by atoms with Crippen LogP contribution in [0.1, 0.15) is 10.4 Å². The summed E-state index contributed by atoms with van der Waals surface area (Å²) in [4.78, 5) is 22.8. The fraction of sp³-hybridized carbons (Fsp3) is 0.133. The van der Waals surface area contributed by atoms with Crippen LogP contribution in [0.25, 0.3) is 0 Å². The van der Waals surface area contributed by atoms with Crippen LogP contribution in [-0.2, 0) is 0 Å². The molecule has 25 heavy (non-hydrogen) atoms. The summed E-state index contributed by atoms with van der Waals surface area (Å²) in [5, 5.41) is 13.4. The maximum atomic E-state index is 12.4. The molecule has 0 heterocycles. The lowest BCUT2D eigenvalue weighted by atomic mass is 10.1. The van der Waals surface area contributed by atoms with E-state index in [-0.39, 0.29) is 11.3 Å². The molecule has 6 nitrogen and oxygen atoms in total. The molecule has 0 spiro atoms. The van der Waals surface area contributed by atoms with E-state index in [0.29, 0.717) is 5.75 Å². The summed E-state index contributed by atoms with van der Waals surface area (Å²) in [6, 6.07) is 12.0. The third-order valence-electron chi connectivity index (χ3n) is 2.97. The van der Waals surface area contributed by atoms with Gasteiger partial charge in [-0.05, 0) is 30.3 Å². The van der Waals surface area contributed by atoms with Crippen LogP contribution >= 0.6 is 50.7 Å². The number of nitro benzene ring substituents is 1. The van der Waals surface area contributed by atoms with E-state index in [1.807, 2.05) is 0 Å². The normalized spacial score (nSPS) is 12.3. The summed E-state index contributed by atoms with van der Waals surface area (Å²) in [6.45, 7) is 0. The van der Waals surface area contributed by atoms with Crippen molar-refractivity contribution in [2.75, 3.05) is 0 Å². The molecule has 0 unspecified atom stereocenters. The van der Waals surface area contributed by atoms with Gasteiger partial charge in [0.2, 0.25) is 10.0 Å². The predicted octanol–water partition coefficient (Wildman–Crippen LogP) is 4.86. The van der Waals surface area contributed by atoms with Crippen LogP contribution in [0, 0.1) is 10.1 Å². The van der Waals surface area contributed by atoms with Gasteiger partial charge in [-0.25, -0.2) is 0 Å². The molecular weight excluding hydrogens is 458 g/mol. The molecule has 0 fully saturated rings. The number of rotatable bonds is 5. The van der Waals surface area contributed by atoms with Gasteiger partial charge in [-0.1, -0.05) is 62.9 Å². The number of halogens is 4. The smallest absolute Gasteiger partial charge is 0.282 e. The summed E-state index contributed by atoms with van der Waals surface area (Å²) in [7, 11) is 0. The molecule has 0 aliphatic heterocycles. The van der Waals surface area contributed by atoms with Gasteiger partial charge in [0.05, 0.1) is 4.92 Å². The number of amides is 1. The van der Waals surface area contributed by atoms with Crippen molar-refractivity contribution in [2.45, 2.75) is 10.0 Å². The molecule has 0 bridgehead atoms. The zero-order valence-electron chi connectivity index (χ0n) is 12.3. The average Bonchev–Trinajstić information content (AvgIpc) is 2.55. The molecule has 0 aliphatic rings. The Kier molecular flexibility index (Phi) is 6.51. The molecule has 1 atom stereocenters. The Hall–Kier alpha value is -1.54. The quantitative estimate of drug-likeness (QED) is 0.294. The maximum absolute atomic E-state index is 12.4. The Labute approximate surface area is 166 Å². The topological polar surface area (TPSA) is 81.5 Å². The standard InChI is InChI=1S/C15H10BrCl3N2O4/c16-9-5-7-10(8-6-9)25-14(15(17,18)19)20-13(22)11-3-1-2-4-12(11)21(23)24/h1-8,14H,(H,20,22)/t14-/m0/s1. The first-order valence-corrected chi connectivity index (χ1v) is 8.64. The van der Waals surface area contributed by atoms with Crippen molar-refractivity contribution in [2.24, 2.45) is 0 Å². The Balaban J connectivity index is 2.24. The number of benzene rings is 2. The van der Waals surface area contributed by atoms with Crippen LogP contribution in [0.5, 0.6) is 5.75 Å². The van der Waals surface area contributed by atoms with E-state index < -0.39 is 20.9 Å². The van der Waals surface area contributed by atoms with Crippen molar-refractivity contribution in [3.05, 3.63) is 68.7 Å². The fourth-order valence-corrected chi connectivity index (χ4v) is 2.41. The van der Waals surface area contributed by atoms with Crippen LogP contribution in [0.15, 0.2) is 53.0 Å². The van der Waals surface area contributed by atoms with E-state index in [1.54, 1.807) is 24.3 Å². The van der Waals surface area contributed by atoms with Gasteiger partial charge >= 0.3 is 0 Å². The number of alkyl halides is 3. The number of hydrogen-bond acceptors (Lipinski definition) is 4. The molecule has 2 aromatic carbocycles. The number of ether oxygens (including phenoxy) is 1. The van der Waals surface area contributed by atoms with E-state index in [1.165, 1.54) is 24.3 Å². The molecular formula is C15H10BrCl3N2O4. The number of para-hydroxylation sites is 1. The van der Waals surface area contributed by atoms with Crippen LogP contribution in [0.2, 0.25) is 0 Å². The lowest BCUT2D eigenvalue weighted by molar-refractivity contribution is -0.385. The predicted molar refractivity (Wildman–Crippen MR) is 99.4 cm³/mol. The molecule has 0 radical (unpaired) electrons. The minimum Gasteiger partial charge on any atom is -0.466 e. The number of nitrogens with zero attached hydrogens (tertiary/aromatic N) is 1. The van der Waals surface area contributed by atoms with Gasteiger partial charge in [-0.3, -0.25) is 14.9 Å². The highest BCUT2D eigenvalue weighted by Gasteiger charge is 2.37. The summed E-state index contributed by atoms with van der Waals surface area (Å²) in [5.74, 6) is -0.469. The minimum absolute atomic E-state index is 0.175. The van der Waals surface area contributed by atoms with Gasteiger partial charge < -0.3 is 10.1 Å². The number of carbonyl (C=O) groups excluding carboxylic acids is 1. The highest BCUT2D eigenvalue weighted by Crippen LogP contribution is 2.32. The molecule has 0 saturated carbocycles. The molecule has 132 valence electrons. The molecule has 1 amide bonds.